The molecule has 0 radical (unpaired) electrons. The first-order valence-corrected chi connectivity index (χ1v) is 9.39. The molecule has 0 aliphatic rings. The highest BCUT2D eigenvalue weighted by molar-refractivity contribution is 7.17. The molecule has 0 unspecified atom stereocenters. The zero-order chi connectivity index (χ0) is 19.6. The highest BCUT2D eigenvalue weighted by atomic mass is 35.5. The number of carbonyl (C=O) groups is 2. The quantitative estimate of drug-likeness (QED) is 0.568. The highest BCUT2D eigenvalue weighted by Gasteiger charge is 2.18. The summed E-state index contributed by atoms with van der Waals surface area (Å²) in [6.07, 6.45) is 0. The van der Waals surface area contributed by atoms with E-state index in [-0.39, 0.29) is 11.5 Å². The van der Waals surface area contributed by atoms with Crippen LogP contribution in [0.5, 0.6) is 0 Å². The normalized spacial score (nSPS) is 10.5. The second-order valence-electron chi connectivity index (χ2n) is 5.58. The minimum atomic E-state index is -0.514. The SMILES string of the molecule is COC(=O)c1ccc(Cl)c(NC(=O)c2sc(-c3cccc(Cl)c3)nc2C)c1. The molecule has 2 aromatic carbocycles. The number of carbonyl (C=O) groups excluding carboxylic acids is 2. The van der Waals surface area contributed by atoms with Crippen LogP contribution in [0.3, 0.4) is 0 Å². The number of hydrogen-bond donors (Lipinski definition) is 1. The van der Waals surface area contributed by atoms with Crippen LogP contribution in [0.2, 0.25) is 10.0 Å². The lowest BCUT2D eigenvalue weighted by atomic mass is 10.2. The van der Waals surface area contributed by atoms with Crippen molar-refractivity contribution >= 4 is 52.1 Å². The predicted octanol–water partition coefficient (Wildman–Crippen LogP) is 5.46. The molecule has 1 aromatic heterocycles. The van der Waals surface area contributed by atoms with Crippen LogP contribution in [-0.4, -0.2) is 24.0 Å². The zero-order valence-corrected chi connectivity index (χ0v) is 16.7. The van der Waals surface area contributed by atoms with Crippen LogP contribution in [0.15, 0.2) is 42.5 Å². The van der Waals surface area contributed by atoms with Crippen molar-refractivity contribution in [3.05, 3.63) is 68.6 Å². The number of rotatable bonds is 4. The van der Waals surface area contributed by atoms with E-state index in [1.807, 2.05) is 12.1 Å². The first-order chi connectivity index (χ1) is 12.9. The van der Waals surface area contributed by atoms with Crippen molar-refractivity contribution in [1.29, 1.82) is 0 Å². The van der Waals surface area contributed by atoms with Crippen molar-refractivity contribution in [2.45, 2.75) is 6.92 Å². The molecule has 1 heterocycles. The third-order valence-electron chi connectivity index (χ3n) is 3.71. The van der Waals surface area contributed by atoms with Crippen LogP contribution >= 0.6 is 34.5 Å². The van der Waals surface area contributed by atoms with Gasteiger partial charge in [-0.05, 0) is 37.3 Å². The third-order valence-corrected chi connectivity index (χ3v) is 5.48. The molecule has 0 spiro atoms. The summed E-state index contributed by atoms with van der Waals surface area (Å²) in [4.78, 5) is 29.3. The van der Waals surface area contributed by atoms with Crippen LogP contribution in [0.4, 0.5) is 5.69 Å². The maximum atomic E-state index is 12.7. The Morgan fingerprint density at radius 3 is 2.63 bits per heavy atom. The minimum absolute atomic E-state index is 0.290. The summed E-state index contributed by atoms with van der Waals surface area (Å²) in [5.74, 6) is -0.874. The summed E-state index contributed by atoms with van der Waals surface area (Å²) in [6.45, 7) is 1.76. The van der Waals surface area contributed by atoms with E-state index in [0.717, 1.165) is 5.56 Å². The van der Waals surface area contributed by atoms with E-state index in [4.69, 9.17) is 23.2 Å². The molecule has 0 atom stereocenters. The van der Waals surface area contributed by atoms with E-state index < -0.39 is 5.97 Å². The van der Waals surface area contributed by atoms with Gasteiger partial charge in [-0.15, -0.1) is 11.3 Å². The Morgan fingerprint density at radius 1 is 1.15 bits per heavy atom. The molecule has 0 aliphatic heterocycles. The average molecular weight is 421 g/mol. The predicted molar refractivity (Wildman–Crippen MR) is 108 cm³/mol. The van der Waals surface area contributed by atoms with Gasteiger partial charge in [-0.3, -0.25) is 4.79 Å². The maximum Gasteiger partial charge on any atom is 0.337 e. The number of nitrogens with zero attached hydrogens (tertiary/aromatic N) is 1. The van der Waals surface area contributed by atoms with Gasteiger partial charge in [0.25, 0.3) is 5.91 Å². The molecule has 8 heteroatoms. The van der Waals surface area contributed by atoms with Crippen LogP contribution in [-0.2, 0) is 4.74 Å². The van der Waals surface area contributed by atoms with E-state index in [0.29, 0.717) is 31.3 Å². The fourth-order valence-corrected chi connectivity index (χ4v) is 3.71. The molecular weight excluding hydrogens is 407 g/mol. The van der Waals surface area contributed by atoms with E-state index in [1.165, 1.54) is 36.6 Å². The highest BCUT2D eigenvalue weighted by Crippen LogP contribution is 2.31. The molecule has 5 nitrogen and oxygen atoms in total. The van der Waals surface area contributed by atoms with Crippen LogP contribution in [0.25, 0.3) is 10.6 Å². The minimum Gasteiger partial charge on any atom is -0.465 e. The van der Waals surface area contributed by atoms with Gasteiger partial charge in [0, 0.05) is 10.6 Å². The molecule has 3 rings (SSSR count). The van der Waals surface area contributed by atoms with Gasteiger partial charge in [0.1, 0.15) is 9.88 Å². The number of halogens is 2. The molecule has 0 saturated carbocycles. The van der Waals surface area contributed by atoms with Crippen molar-refractivity contribution in [2.24, 2.45) is 0 Å². The first kappa shape index (κ1) is 19.4. The molecule has 0 fully saturated rings. The van der Waals surface area contributed by atoms with Crippen LogP contribution in [0, 0.1) is 6.92 Å². The van der Waals surface area contributed by atoms with Gasteiger partial charge in [0.15, 0.2) is 0 Å². The Morgan fingerprint density at radius 2 is 1.93 bits per heavy atom. The van der Waals surface area contributed by atoms with Gasteiger partial charge >= 0.3 is 5.97 Å². The Labute approximate surface area is 169 Å². The number of hydrogen-bond acceptors (Lipinski definition) is 5. The van der Waals surface area contributed by atoms with Crippen molar-refractivity contribution < 1.29 is 14.3 Å². The van der Waals surface area contributed by atoms with Crippen molar-refractivity contribution in [1.82, 2.24) is 4.98 Å². The topological polar surface area (TPSA) is 68.3 Å². The largest absolute Gasteiger partial charge is 0.465 e. The molecular formula is C19H14Cl2N2O3S. The lowest BCUT2D eigenvalue weighted by Crippen LogP contribution is -2.13. The van der Waals surface area contributed by atoms with Gasteiger partial charge in [-0.2, -0.15) is 0 Å². The summed E-state index contributed by atoms with van der Waals surface area (Å²) >= 11 is 13.4. The molecule has 3 aromatic rings. The van der Waals surface area contributed by atoms with Crippen LogP contribution < -0.4 is 5.32 Å². The maximum absolute atomic E-state index is 12.7. The van der Waals surface area contributed by atoms with Crippen molar-refractivity contribution in [3.63, 3.8) is 0 Å². The molecule has 0 bridgehead atoms. The number of aryl methyl sites for hydroxylation is 1. The molecule has 0 aliphatic carbocycles. The molecule has 1 amide bonds. The number of methoxy groups -OCH3 is 1. The molecule has 1 N–H and O–H groups in total. The fourth-order valence-electron chi connectivity index (χ4n) is 2.40. The lowest BCUT2D eigenvalue weighted by molar-refractivity contribution is 0.0600. The summed E-state index contributed by atoms with van der Waals surface area (Å²) in [5, 5.41) is 4.33. The Hall–Kier alpha value is -2.41. The number of nitrogens with one attached hydrogen (secondary N) is 1. The summed E-state index contributed by atoms with van der Waals surface area (Å²) in [6, 6.07) is 11.8. The van der Waals surface area contributed by atoms with Crippen LogP contribution in [0.1, 0.15) is 25.7 Å². The summed E-state index contributed by atoms with van der Waals surface area (Å²) in [7, 11) is 1.28. The van der Waals surface area contributed by atoms with Gasteiger partial charge < -0.3 is 10.1 Å². The zero-order valence-electron chi connectivity index (χ0n) is 14.4. The van der Waals surface area contributed by atoms with Gasteiger partial charge in [-0.25, -0.2) is 9.78 Å². The third kappa shape index (κ3) is 4.30. The Balaban J connectivity index is 1.88. The number of thiazole rings is 1. The standard InChI is InChI=1S/C19H14Cl2N2O3S/c1-10-16(27-18(22-10)11-4-3-5-13(20)8-11)17(24)23-15-9-12(19(25)26-2)6-7-14(15)21/h3-9H,1-2H3,(H,23,24). The summed E-state index contributed by atoms with van der Waals surface area (Å²) in [5.41, 5.74) is 2.03. The first-order valence-electron chi connectivity index (χ1n) is 7.81. The van der Waals surface area contributed by atoms with Gasteiger partial charge in [0.2, 0.25) is 0 Å². The average Bonchev–Trinajstić information content (AvgIpc) is 3.04. The second-order valence-corrected chi connectivity index (χ2v) is 7.43. The fraction of sp³-hybridized carbons (Fsp3) is 0.105. The van der Waals surface area contributed by atoms with Gasteiger partial charge in [0.05, 0.1) is 29.1 Å². The summed E-state index contributed by atoms with van der Waals surface area (Å²) < 4.78 is 4.69. The number of amides is 1. The molecule has 138 valence electrons. The second kappa shape index (κ2) is 8.08. The Kier molecular flexibility index (Phi) is 5.79. The van der Waals surface area contributed by atoms with E-state index in [2.05, 4.69) is 15.0 Å². The van der Waals surface area contributed by atoms with Gasteiger partial charge in [-0.1, -0.05) is 35.3 Å². The number of benzene rings is 2. The molecule has 0 saturated heterocycles. The van der Waals surface area contributed by atoms with E-state index >= 15 is 0 Å². The van der Waals surface area contributed by atoms with Crippen molar-refractivity contribution in [3.8, 4) is 10.6 Å². The monoisotopic (exact) mass is 420 g/mol. The molecule has 27 heavy (non-hydrogen) atoms. The van der Waals surface area contributed by atoms with Crippen molar-refractivity contribution in [2.75, 3.05) is 12.4 Å². The number of aromatic nitrogens is 1. The van der Waals surface area contributed by atoms with E-state index in [9.17, 15) is 9.59 Å². The lowest BCUT2D eigenvalue weighted by Gasteiger charge is -2.08. The number of anilines is 1. The number of esters is 1. The smallest absolute Gasteiger partial charge is 0.337 e. The number of ether oxygens (including phenoxy) is 1. The van der Waals surface area contributed by atoms with E-state index in [1.54, 1.807) is 19.1 Å². The Bertz CT molecular complexity index is 1030.